The molecule has 8 nitrogen and oxygen atoms in total. The van der Waals surface area contributed by atoms with Gasteiger partial charge in [-0.3, -0.25) is 9.10 Å². The summed E-state index contributed by atoms with van der Waals surface area (Å²) in [5.74, 6) is 1.55. The summed E-state index contributed by atoms with van der Waals surface area (Å²) in [6.07, 6.45) is 2.74. The van der Waals surface area contributed by atoms with E-state index in [0.29, 0.717) is 36.2 Å². The van der Waals surface area contributed by atoms with Crippen LogP contribution in [0.3, 0.4) is 0 Å². The zero-order valence-electron chi connectivity index (χ0n) is 22.0. The third kappa shape index (κ3) is 6.22. The Morgan fingerprint density at radius 3 is 2.13 bits per heavy atom. The maximum absolute atomic E-state index is 13.9. The molecular formula is C29H34N2O6S. The second kappa shape index (κ2) is 12.2. The van der Waals surface area contributed by atoms with Gasteiger partial charge in [-0.25, -0.2) is 8.42 Å². The molecular weight excluding hydrogens is 504 g/mol. The van der Waals surface area contributed by atoms with Crippen LogP contribution in [0.5, 0.6) is 17.2 Å². The average Bonchev–Trinajstić information content (AvgIpc) is 2.96. The van der Waals surface area contributed by atoms with E-state index >= 15 is 0 Å². The number of amides is 1. The highest BCUT2D eigenvalue weighted by Gasteiger charge is 2.31. The minimum Gasteiger partial charge on any atom is -0.497 e. The number of ether oxygens (including phenoxy) is 3. The van der Waals surface area contributed by atoms with Crippen molar-refractivity contribution in [3.05, 3.63) is 78.4 Å². The summed E-state index contributed by atoms with van der Waals surface area (Å²) in [6.45, 7) is 0.888. The van der Waals surface area contributed by atoms with Crippen LogP contribution in [-0.4, -0.2) is 60.2 Å². The van der Waals surface area contributed by atoms with Crippen LogP contribution < -0.4 is 18.5 Å². The fraction of sp³-hybridized carbons (Fsp3) is 0.345. The molecule has 0 unspecified atom stereocenters. The zero-order chi connectivity index (χ0) is 27.1. The number of carbonyl (C=O) groups excluding carboxylic acids is 1. The van der Waals surface area contributed by atoms with E-state index in [1.165, 1.54) is 45.1 Å². The second-order valence-electron chi connectivity index (χ2n) is 9.24. The molecule has 9 heteroatoms. The van der Waals surface area contributed by atoms with Gasteiger partial charge in [0.25, 0.3) is 10.0 Å². The highest BCUT2D eigenvalue weighted by atomic mass is 32.2. The summed E-state index contributed by atoms with van der Waals surface area (Å²) < 4.78 is 44.7. The molecule has 1 saturated heterocycles. The summed E-state index contributed by atoms with van der Waals surface area (Å²) in [5.41, 5.74) is 1.66. The zero-order valence-corrected chi connectivity index (χ0v) is 22.8. The van der Waals surface area contributed by atoms with E-state index in [0.717, 1.165) is 23.6 Å². The van der Waals surface area contributed by atoms with Crippen LogP contribution in [0.2, 0.25) is 0 Å². The topological polar surface area (TPSA) is 85.4 Å². The SMILES string of the molecule is COc1ccc(N(CC(=O)N2CCC(Cc3ccccc3)CC2)S(=O)(=O)c2ccc(OC)c(OC)c2)cc1. The lowest BCUT2D eigenvalue weighted by atomic mass is 9.90. The van der Waals surface area contributed by atoms with Gasteiger partial charge in [-0.15, -0.1) is 0 Å². The van der Waals surface area contributed by atoms with Gasteiger partial charge < -0.3 is 19.1 Å². The first-order valence-electron chi connectivity index (χ1n) is 12.6. The first kappa shape index (κ1) is 27.3. The first-order chi connectivity index (χ1) is 18.3. The fourth-order valence-corrected chi connectivity index (χ4v) is 6.15. The van der Waals surface area contributed by atoms with Crippen molar-refractivity contribution in [1.29, 1.82) is 0 Å². The number of hydrogen-bond donors (Lipinski definition) is 0. The molecule has 1 amide bonds. The van der Waals surface area contributed by atoms with Gasteiger partial charge >= 0.3 is 0 Å². The Labute approximate surface area is 224 Å². The third-order valence-corrected chi connectivity index (χ3v) is 8.69. The number of rotatable bonds is 10. The summed E-state index contributed by atoms with van der Waals surface area (Å²) >= 11 is 0. The molecule has 1 heterocycles. The first-order valence-corrected chi connectivity index (χ1v) is 14.0. The van der Waals surface area contributed by atoms with Crippen molar-refractivity contribution in [3.8, 4) is 17.2 Å². The molecule has 3 aromatic carbocycles. The Balaban J connectivity index is 1.54. The minimum absolute atomic E-state index is 0.000312. The van der Waals surface area contributed by atoms with Gasteiger partial charge in [-0.1, -0.05) is 30.3 Å². The number of anilines is 1. The Morgan fingerprint density at radius 1 is 0.868 bits per heavy atom. The number of carbonyl (C=O) groups is 1. The molecule has 0 bridgehead atoms. The number of likely N-dealkylation sites (tertiary alicyclic amines) is 1. The number of hydrogen-bond acceptors (Lipinski definition) is 6. The number of methoxy groups -OCH3 is 3. The Hall–Kier alpha value is -3.72. The van der Waals surface area contributed by atoms with Crippen molar-refractivity contribution in [2.45, 2.75) is 24.2 Å². The van der Waals surface area contributed by atoms with E-state index in [1.807, 2.05) is 18.2 Å². The van der Waals surface area contributed by atoms with E-state index in [2.05, 4.69) is 12.1 Å². The molecule has 4 rings (SSSR count). The summed E-state index contributed by atoms with van der Waals surface area (Å²) in [5, 5.41) is 0. The van der Waals surface area contributed by atoms with Crippen molar-refractivity contribution < 1.29 is 27.4 Å². The van der Waals surface area contributed by atoms with Gasteiger partial charge in [0.15, 0.2) is 11.5 Å². The van der Waals surface area contributed by atoms with Gasteiger partial charge in [0.2, 0.25) is 5.91 Å². The number of nitrogens with zero attached hydrogens (tertiary/aromatic N) is 2. The molecule has 3 aromatic rings. The normalized spacial score (nSPS) is 14.1. The van der Waals surface area contributed by atoms with Crippen LogP contribution >= 0.6 is 0 Å². The molecule has 1 aliphatic rings. The molecule has 38 heavy (non-hydrogen) atoms. The standard InChI is InChI=1S/C29H34N2O6S/c1-35-25-11-9-24(10-12-25)31(38(33,34)26-13-14-27(36-2)28(20-26)37-3)21-29(32)30-17-15-23(16-18-30)19-22-7-5-4-6-8-22/h4-14,20,23H,15-19,21H2,1-3H3. The minimum atomic E-state index is -4.11. The Bertz CT molecular complexity index is 1320. The third-order valence-electron chi connectivity index (χ3n) is 6.92. The lowest BCUT2D eigenvalue weighted by Gasteiger charge is -2.34. The maximum atomic E-state index is 13.9. The molecule has 0 spiro atoms. The van der Waals surface area contributed by atoms with Gasteiger partial charge in [-0.05, 0) is 67.1 Å². The van der Waals surface area contributed by atoms with Crippen molar-refractivity contribution in [2.75, 3.05) is 45.3 Å². The largest absolute Gasteiger partial charge is 0.497 e. The molecule has 1 fully saturated rings. The lowest BCUT2D eigenvalue weighted by molar-refractivity contribution is -0.130. The highest BCUT2D eigenvalue weighted by Crippen LogP contribution is 2.33. The van der Waals surface area contributed by atoms with Crippen LogP contribution in [0.25, 0.3) is 0 Å². The van der Waals surface area contributed by atoms with Gasteiger partial charge in [0.1, 0.15) is 12.3 Å². The van der Waals surface area contributed by atoms with E-state index in [4.69, 9.17) is 14.2 Å². The molecule has 0 N–H and O–H groups in total. The molecule has 0 aromatic heterocycles. The van der Waals surface area contributed by atoms with E-state index in [9.17, 15) is 13.2 Å². The van der Waals surface area contributed by atoms with Gasteiger partial charge in [0, 0.05) is 19.2 Å². The maximum Gasteiger partial charge on any atom is 0.264 e. The van der Waals surface area contributed by atoms with Crippen LogP contribution in [0, 0.1) is 5.92 Å². The fourth-order valence-electron chi connectivity index (χ4n) is 4.72. The van der Waals surface area contributed by atoms with Crippen LogP contribution in [0.1, 0.15) is 18.4 Å². The molecule has 0 saturated carbocycles. The lowest BCUT2D eigenvalue weighted by Crippen LogP contribution is -2.46. The van der Waals surface area contributed by atoms with Crippen molar-refractivity contribution >= 4 is 21.6 Å². The van der Waals surface area contributed by atoms with Crippen LogP contribution in [-0.2, 0) is 21.2 Å². The summed E-state index contributed by atoms with van der Waals surface area (Å²) in [6, 6.07) is 21.4. The smallest absolute Gasteiger partial charge is 0.264 e. The molecule has 0 radical (unpaired) electrons. The molecule has 0 atom stereocenters. The van der Waals surface area contributed by atoms with E-state index in [-0.39, 0.29) is 23.1 Å². The average molecular weight is 539 g/mol. The highest BCUT2D eigenvalue weighted by molar-refractivity contribution is 7.92. The molecule has 1 aliphatic heterocycles. The summed E-state index contributed by atoms with van der Waals surface area (Å²) in [4.78, 5) is 15.2. The molecule has 202 valence electrons. The van der Waals surface area contributed by atoms with Gasteiger partial charge in [0.05, 0.1) is 31.9 Å². The van der Waals surface area contributed by atoms with E-state index in [1.54, 1.807) is 29.2 Å². The number of sulfonamides is 1. The van der Waals surface area contributed by atoms with Crippen molar-refractivity contribution in [1.82, 2.24) is 4.90 Å². The quantitative estimate of drug-likeness (QED) is 0.381. The van der Waals surface area contributed by atoms with Crippen LogP contribution in [0.15, 0.2) is 77.7 Å². The number of benzene rings is 3. The molecule has 0 aliphatic carbocycles. The van der Waals surface area contributed by atoms with Crippen molar-refractivity contribution in [2.24, 2.45) is 5.92 Å². The monoisotopic (exact) mass is 538 g/mol. The predicted molar refractivity (Wildman–Crippen MR) is 147 cm³/mol. The van der Waals surface area contributed by atoms with E-state index < -0.39 is 10.0 Å². The Kier molecular flexibility index (Phi) is 8.78. The second-order valence-corrected chi connectivity index (χ2v) is 11.1. The Morgan fingerprint density at radius 2 is 1.53 bits per heavy atom. The summed E-state index contributed by atoms with van der Waals surface area (Å²) in [7, 11) is 0.361. The van der Waals surface area contributed by atoms with Gasteiger partial charge in [-0.2, -0.15) is 0 Å². The van der Waals surface area contributed by atoms with Crippen molar-refractivity contribution in [3.63, 3.8) is 0 Å². The number of piperidine rings is 1. The van der Waals surface area contributed by atoms with Crippen LogP contribution in [0.4, 0.5) is 5.69 Å². The predicted octanol–water partition coefficient (Wildman–Crippen LogP) is 4.39.